The van der Waals surface area contributed by atoms with Crippen molar-refractivity contribution in [3.05, 3.63) is 29.2 Å². The first-order chi connectivity index (χ1) is 9.25. The molecular weight excluding hydrogens is 260 g/mol. The smallest absolute Gasteiger partial charge is 0.214 e. The molecule has 0 unspecified atom stereocenters. The summed E-state index contributed by atoms with van der Waals surface area (Å²) in [5.74, 6) is 0.773. The van der Waals surface area contributed by atoms with Crippen molar-refractivity contribution in [3.63, 3.8) is 0 Å². The summed E-state index contributed by atoms with van der Waals surface area (Å²) in [5, 5.41) is 9.39. The van der Waals surface area contributed by atoms with Crippen LogP contribution < -0.4 is 5.01 Å². The fraction of sp³-hybridized carbons (Fsp3) is 0.417. The van der Waals surface area contributed by atoms with Crippen LogP contribution in [0, 0.1) is 4.77 Å². The van der Waals surface area contributed by atoms with Gasteiger partial charge in [0, 0.05) is 32.4 Å². The lowest BCUT2D eigenvalue weighted by atomic mass is 10.3. The molecule has 6 nitrogen and oxygen atoms in total. The van der Waals surface area contributed by atoms with E-state index >= 15 is 0 Å². The second-order valence-electron chi connectivity index (χ2n) is 4.64. The van der Waals surface area contributed by atoms with Gasteiger partial charge in [-0.15, -0.1) is 0 Å². The van der Waals surface area contributed by atoms with Crippen molar-refractivity contribution < 1.29 is 0 Å². The van der Waals surface area contributed by atoms with Crippen LogP contribution in [0.2, 0.25) is 0 Å². The van der Waals surface area contributed by atoms with Gasteiger partial charge in [-0.2, -0.15) is 5.10 Å². The zero-order valence-electron chi connectivity index (χ0n) is 10.8. The van der Waals surface area contributed by atoms with Gasteiger partial charge in [-0.25, -0.2) is 9.77 Å². The molecule has 3 heterocycles. The molecule has 100 valence electrons. The van der Waals surface area contributed by atoms with Crippen LogP contribution >= 0.6 is 12.2 Å². The highest BCUT2D eigenvalue weighted by Crippen LogP contribution is 2.15. The van der Waals surface area contributed by atoms with Crippen molar-refractivity contribution in [2.24, 2.45) is 0 Å². The van der Waals surface area contributed by atoms with E-state index in [4.69, 9.17) is 12.2 Å². The number of aromatic amines is 1. The van der Waals surface area contributed by atoms with Crippen LogP contribution in [-0.2, 0) is 0 Å². The SMILES string of the molecule is CN1CCN(n2c(-c3ccccn3)n[nH]c2=S)CC1. The standard InChI is InChI=1S/C12H16N6S/c1-16-6-8-17(9-7-16)18-11(14-15-12(18)19)10-4-2-3-5-13-10/h2-5H,6-9H2,1H3,(H,15,19). The average Bonchev–Trinajstić information content (AvgIpc) is 2.83. The predicted octanol–water partition coefficient (Wildman–Crippen LogP) is 0.886. The lowest BCUT2D eigenvalue weighted by Crippen LogP contribution is -2.50. The summed E-state index contributed by atoms with van der Waals surface area (Å²) >= 11 is 5.34. The number of H-pyrrole nitrogens is 1. The first-order valence-electron chi connectivity index (χ1n) is 6.28. The van der Waals surface area contributed by atoms with Crippen molar-refractivity contribution in [1.82, 2.24) is 24.8 Å². The molecule has 7 heteroatoms. The number of nitrogens with zero attached hydrogens (tertiary/aromatic N) is 5. The van der Waals surface area contributed by atoms with Crippen molar-refractivity contribution >= 4 is 12.2 Å². The summed E-state index contributed by atoms with van der Waals surface area (Å²) in [7, 11) is 2.13. The lowest BCUT2D eigenvalue weighted by Gasteiger charge is -2.34. The van der Waals surface area contributed by atoms with Gasteiger partial charge in [0.15, 0.2) is 5.82 Å². The van der Waals surface area contributed by atoms with Crippen molar-refractivity contribution in [3.8, 4) is 11.5 Å². The Kier molecular flexibility index (Phi) is 3.31. The van der Waals surface area contributed by atoms with E-state index in [1.165, 1.54) is 0 Å². The minimum absolute atomic E-state index is 0.616. The number of hydrogen-bond acceptors (Lipinski definition) is 5. The maximum Gasteiger partial charge on any atom is 0.214 e. The van der Waals surface area contributed by atoms with Crippen LogP contribution in [0.4, 0.5) is 0 Å². The lowest BCUT2D eigenvalue weighted by molar-refractivity contribution is 0.287. The highest BCUT2D eigenvalue weighted by molar-refractivity contribution is 7.71. The highest BCUT2D eigenvalue weighted by Gasteiger charge is 2.19. The van der Waals surface area contributed by atoms with Crippen LogP contribution in [0.3, 0.4) is 0 Å². The molecule has 0 saturated carbocycles. The highest BCUT2D eigenvalue weighted by atomic mass is 32.1. The van der Waals surface area contributed by atoms with Gasteiger partial charge in [0.25, 0.3) is 0 Å². The molecule has 2 aromatic heterocycles. The monoisotopic (exact) mass is 276 g/mol. The van der Waals surface area contributed by atoms with Crippen molar-refractivity contribution in [1.29, 1.82) is 0 Å². The number of rotatable bonds is 2. The van der Waals surface area contributed by atoms with Gasteiger partial charge in [-0.3, -0.25) is 4.98 Å². The van der Waals surface area contributed by atoms with E-state index in [-0.39, 0.29) is 0 Å². The number of likely N-dealkylation sites (N-methyl/N-ethyl adjacent to an activating group) is 1. The van der Waals surface area contributed by atoms with E-state index in [1.54, 1.807) is 6.20 Å². The fourth-order valence-corrected chi connectivity index (χ4v) is 2.46. The fourth-order valence-electron chi connectivity index (χ4n) is 2.21. The predicted molar refractivity (Wildman–Crippen MR) is 76.1 cm³/mol. The van der Waals surface area contributed by atoms with E-state index in [2.05, 4.69) is 32.1 Å². The van der Waals surface area contributed by atoms with Crippen LogP contribution in [0.1, 0.15) is 0 Å². The summed E-state index contributed by atoms with van der Waals surface area (Å²) < 4.78 is 2.58. The van der Waals surface area contributed by atoms with E-state index in [9.17, 15) is 0 Å². The third-order valence-electron chi connectivity index (χ3n) is 3.31. The van der Waals surface area contributed by atoms with Gasteiger partial charge >= 0.3 is 0 Å². The van der Waals surface area contributed by atoms with Gasteiger partial charge in [-0.1, -0.05) is 6.07 Å². The number of nitrogens with one attached hydrogen (secondary N) is 1. The topological polar surface area (TPSA) is 53.0 Å². The molecule has 0 spiro atoms. The molecule has 0 amide bonds. The molecule has 0 aromatic carbocycles. The molecular formula is C12H16N6S. The third kappa shape index (κ3) is 2.39. The van der Waals surface area contributed by atoms with Gasteiger partial charge < -0.3 is 9.91 Å². The van der Waals surface area contributed by atoms with Crippen molar-refractivity contribution in [2.75, 3.05) is 38.2 Å². The average molecular weight is 276 g/mol. The van der Waals surface area contributed by atoms with Crippen LogP contribution in [0.5, 0.6) is 0 Å². The minimum Gasteiger partial charge on any atom is -0.306 e. The second kappa shape index (κ2) is 5.10. The Morgan fingerprint density at radius 3 is 2.68 bits per heavy atom. The number of pyridine rings is 1. The Morgan fingerprint density at radius 2 is 2.00 bits per heavy atom. The molecule has 2 aromatic rings. The van der Waals surface area contributed by atoms with Gasteiger partial charge in [0.1, 0.15) is 5.69 Å². The Hall–Kier alpha value is -1.73. The summed E-state index contributed by atoms with van der Waals surface area (Å²) in [6.45, 7) is 3.91. The molecule has 1 aliphatic heterocycles. The van der Waals surface area contributed by atoms with Gasteiger partial charge in [-0.05, 0) is 31.4 Å². The summed E-state index contributed by atoms with van der Waals surface area (Å²) in [5.41, 5.74) is 0.828. The molecule has 0 radical (unpaired) electrons. The second-order valence-corrected chi connectivity index (χ2v) is 5.02. The largest absolute Gasteiger partial charge is 0.306 e. The van der Waals surface area contributed by atoms with E-state index in [1.807, 2.05) is 22.9 Å². The molecule has 1 fully saturated rings. The molecule has 3 rings (SSSR count). The zero-order chi connectivity index (χ0) is 13.2. The number of aromatic nitrogens is 4. The zero-order valence-corrected chi connectivity index (χ0v) is 11.6. The van der Waals surface area contributed by atoms with Gasteiger partial charge in [0.05, 0.1) is 0 Å². The normalized spacial score (nSPS) is 16.8. The van der Waals surface area contributed by atoms with Crippen LogP contribution in [-0.4, -0.2) is 58.0 Å². The number of piperazine rings is 1. The first-order valence-corrected chi connectivity index (χ1v) is 6.69. The quantitative estimate of drug-likeness (QED) is 0.826. The molecule has 1 saturated heterocycles. The Bertz CT molecular complexity index is 596. The summed E-state index contributed by atoms with van der Waals surface area (Å²) in [6, 6.07) is 5.79. The van der Waals surface area contributed by atoms with E-state index in [0.717, 1.165) is 37.7 Å². The first kappa shape index (κ1) is 12.3. The molecule has 1 N–H and O–H groups in total. The molecule has 1 aliphatic rings. The molecule has 0 aliphatic carbocycles. The maximum atomic E-state index is 5.34. The third-order valence-corrected chi connectivity index (χ3v) is 3.57. The Balaban J connectivity index is 1.98. The summed E-state index contributed by atoms with van der Waals surface area (Å²) in [6.07, 6.45) is 1.77. The van der Waals surface area contributed by atoms with Crippen LogP contribution in [0.15, 0.2) is 24.4 Å². The maximum absolute atomic E-state index is 5.34. The van der Waals surface area contributed by atoms with Crippen molar-refractivity contribution in [2.45, 2.75) is 0 Å². The van der Waals surface area contributed by atoms with E-state index < -0.39 is 0 Å². The molecule has 0 bridgehead atoms. The van der Waals surface area contributed by atoms with Gasteiger partial charge in [0.2, 0.25) is 4.77 Å². The molecule has 19 heavy (non-hydrogen) atoms. The number of hydrogen-bond donors (Lipinski definition) is 1. The Labute approximate surface area is 116 Å². The minimum atomic E-state index is 0.616. The molecule has 0 atom stereocenters. The van der Waals surface area contributed by atoms with Crippen LogP contribution in [0.25, 0.3) is 11.5 Å². The van der Waals surface area contributed by atoms with E-state index in [0.29, 0.717) is 4.77 Å². The summed E-state index contributed by atoms with van der Waals surface area (Å²) in [4.78, 5) is 6.65. The Morgan fingerprint density at radius 1 is 1.21 bits per heavy atom.